The van der Waals surface area contributed by atoms with E-state index in [2.05, 4.69) is 5.32 Å². The fourth-order valence-electron chi connectivity index (χ4n) is 2.54. The summed E-state index contributed by atoms with van der Waals surface area (Å²) in [4.78, 5) is 12.6. The lowest BCUT2D eigenvalue weighted by atomic mass is 9.64. The second kappa shape index (κ2) is 4.88. The van der Waals surface area contributed by atoms with E-state index < -0.39 is 0 Å². The smallest absolute Gasteiger partial charge is 0.173 e. The van der Waals surface area contributed by atoms with Crippen LogP contribution in [0.5, 0.6) is 5.75 Å². The average molecular weight is 233 g/mol. The highest BCUT2D eigenvalue weighted by Gasteiger charge is 2.44. The van der Waals surface area contributed by atoms with Crippen LogP contribution in [-0.2, 0) is 0 Å². The number of para-hydroxylation sites is 1. The van der Waals surface area contributed by atoms with Crippen molar-refractivity contribution in [2.45, 2.75) is 19.3 Å². The molecule has 0 atom stereocenters. The Kier molecular flexibility index (Phi) is 3.48. The lowest BCUT2D eigenvalue weighted by Gasteiger charge is -2.40. The third-order valence-corrected chi connectivity index (χ3v) is 3.66. The summed E-state index contributed by atoms with van der Waals surface area (Å²) in [6, 6.07) is 7.48. The number of rotatable bonds is 5. The molecule has 0 bridgehead atoms. The maximum absolute atomic E-state index is 12.6. The van der Waals surface area contributed by atoms with E-state index in [1.54, 1.807) is 7.11 Å². The molecular formula is C14H19NO2. The molecule has 2 rings (SSSR count). The first kappa shape index (κ1) is 12.1. The van der Waals surface area contributed by atoms with Gasteiger partial charge in [-0.3, -0.25) is 4.79 Å². The van der Waals surface area contributed by atoms with Gasteiger partial charge in [-0.1, -0.05) is 18.6 Å². The lowest BCUT2D eigenvalue weighted by molar-refractivity contribution is 0.0611. The molecular weight excluding hydrogens is 214 g/mol. The van der Waals surface area contributed by atoms with E-state index in [1.807, 2.05) is 31.3 Å². The van der Waals surface area contributed by atoms with Crippen LogP contribution in [0.1, 0.15) is 29.6 Å². The van der Waals surface area contributed by atoms with Gasteiger partial charge in [0, 0.05) is 12.0 Å². The van der Waals surface area contributed by atoms with Gasteiger partial charge in [0.15, 0.2) is 5.78 Å². The topological polar surface area (TPSA) is 38.3 Å². The lowest BCUT2D eigenvalue weighted by Crippen LogP contribution is -2.45. The number of ketones is 1. The number of carbonyl (C=O) groups excluding carboxylic acids is 1. The van der Waals surface area contributed by atoms with Gasteiger partial charge in [0.05, 0.1) is 12.7 Å². The number of carbonyl (C=O) groups is 1. The van der Waals surface area contributed by atoms with E-state index in [1.165, 1.54) is 0 Å². The van der Waals surface area contributed by atoms with Crippen LogP contribution < -0.4 is 10.1 Å². The molecule has 1 N–H and O–H groups in total. The molecule has 1 aliphatic rings. The van der Waals surface area contributed by atoms with Crippen molar-refractivity contribution in [1.29, 1.82) is 0 Å². The van der Waals surface area contributed by atoms with Gasteiger partial charge < -0.3 is 10.1 Å². The molecule has 1 aromatic carbocycles. The molecule has 17 heavy (non-hydrogen) atoms. The monoisotopic (exact) mass is 233 g/mol. The van der Waals surface area contributed by atoms with Crippen molar-refractivity contribution in [1.82, 2.24) is 5.32 Å². The number of methoxy groups -OCH3 is 1. The summed E-state index contributed by atoms with van der Waals surface area (Å²) >= 11 is 0. The molecule has 0 unspecified atom stereocenters. The minimum absolute atomic E-state index is 0.205. The fraction of sp³-hybridized carbons (Fsp3) is 0.500. The molecule has 0 saturated heterocycles. The molecule has 92 valence electrons. The summed E-state index contributed by atoms with van der Waals surface area (Å²) in [5.74, 6) is 0.899. The van der Waals surface area contributed by atoms with Crippen LogP contribution in [0.15, 0.2) is 24.3 Å². The maximum atomic E-state index is 12.6. The van der Waals surface area contributed by atoms with Crippen molar-refractivity contribution in [2.24, 2.45) is 5.41 Å². The molecule has 1 aromatic rings. The van der Waals surface area contributed by atoms with Gasteiger partial charge in [-0.25, -0.2) is 0 Å². The van der Waals surface area contributed by atoms with E-state index in [0.29, 0.717) is 11.3 Å². The van der Waals surface area contributed by atoms with E-state index in [9.17, 15) is 4.79 Å². The van der Waals surface area contributed by atoms with Gasteiger partial charge in [-0.15, -0.1) is 0 Å². The van der Waals surface area contributed by atoms with Crippen molar-refractivity contribution < 1.29 is 9.53 Å². The number of Topliss-reactive ketones (excluding diaryl/α,β-unsaturated/α-hetero) is 1. The summed E-state index contributed by atoms with van der Waals surface area (Å²) in [6.07, 6.45) is 3.10. The minimum atomic E-state index is -0.205. The van der Waals surface area contributed by atoms with E-state index >= 15 is 0 Å². The van der Waals surface area contributed by atoms with Gasteiger partial charge in [0.2, 0.25) is 0 Å². The molecule has 1 saturated carbocycles. The standard InChI is InChI=1S/C14H19NO2/c1-15-10-14(8-5-9-14)13(16)11-6-3-4-7-12(11)17-2/h3-4,6-7,15H,5,8-10H2,1-2H3. The predicted octanol–water partition coefficient (Wildman–Crippen LogP) is 2.27. The number of nitrogens with one attached hydrogen (secondary N) is 1. The van der Waals surface area contributed by atoms with Crippen LogP contribution in [0.25, 0.3) is 0 Å². The highest BCUT2D eigenvalue weighted by atomic mass is 16.5. The Morgan fingerprint density at radius 3 is 2.65 bits per heavy atom. The van der Waals surface area contributed by atoms with E-state index in [0.717, 1.165) is 25.8 Å². The molecule has 0 heterocycles. The summed E-state index contributed by atoms with van der Waals surface area (Å²) < 4.78 is 5.27. The zero-order valence-corrected chi connectivity index (χ0v) is 10.5. The Hall–Kier alpha value is -1.35. The predicted molar refractivity (Wildman–Crippen MR) is 67.5 cm³/mol. The number of hydrogen-bond donors (Lipinski definition) is 1. The molecule has 1 fully saturated rings. The molecule has 0 amide bonds. The fourth-order valence-corrected chi connectivity index (χ4v) is 2.54. The van der Waals surface area contributed by atoms with Gasteiger partial charge in [-0.05, 0) is 32.0 Å². The Morgan fingerprint density at radius 2 is 2.12 bits per heavy atom. The SMILES string of the molecule is CNCC1(C(=O)c2ccccc2OC)CCC1. The molecule has 0 radical (unpaired) electrons. The van der Waals surface area contributed by atoms with Crippen molar-refractivity contribution in [3.05, 3.63) is 29.8 Å². The van der Waals surface area contributed by atoms with Gasteiger partial charge in [0.25, 0.3) is 0 Å². The Balaban J connectivity index is 2.29. The molecule has 0 spiro atoms. The normalized spacial score (nSPS) is 17.3. The number of hydrogen-bond acceptors (Lipinski definition) is 3. The number of benzene rings is 1. The van der Waals surface area contributed by atoms with Crippen LogP contribution in [0.3, 0.4) is 0 Å². The molecule has 3 nitrogen and oxygen atoms in total. The highest BCUT2D eigenvalue weighted by Crippen LogP contribution is 2.44. The highest BCUT2D eigenvalue weighted by molar-refractivity contribution is 6.03. The maximum Gasteiger partial charge on any atom is 0.173 e. The van der Waals surface area contributed by atoms with Crippen LogP contribution in [0.2, 0.25) is 0 Å². The summed E-state index contributed by atoms with van der Waals surface area (Å²) in [7, 11) is 3.51. The zero-order valence-electron chi connectivity index (χ0n) is 10.5. The second-order valence-electron chi connectivity index (χ2n) is 4.69. The van der Waals surface area contributed by atoms with Crippen LogP contribution in [0, 0.1) is 5.41 Å². The van der Waals surface area contributed by atoms with Crippen LogP contribution in [-0.4, -0.2) is 26.5 Å². The van der Waals surface area contributed by atoms with Crippen LogP contribution in [0.4, 0.5) is 0 Å². The molecule has 3 heteroatoms. The largest absolute Gasteiger partial charge is 0.496 e. The number of ether oxygens (including phenoxy) is 1. The molecule has 0 aromatic heterocycles. The van der Waals surface area contributed by atoms with Crippen LogP contribution >= 0.6 is 0 Å². The molecule has 0 aliphatic heterocycles. The minimum Gasteiger partial charge on any atom is -0.496 e. The second-order valence-corrected chi connectivity index (χ2v) is 4.69. The van der Waals surface area contributed by atoms with E-state index in [-0.39, 0.29) is 11.2 Å². The van der Waals surface area contributed by atoms with Gasteiger partial charge in [-0.2, -0.15) is 0 Å². The van der Waals surface area contributed by atoms with E-state index in [4.69, 9.17) is 4.74 Å². The third-order valence-electron chi connectivity index (χ3n) is 3.66. The van der Waals surface area contributed by atoms with Gasteiger partial charge in [0.1, 0.15) is 5.75 Å². The summed E-state index contributed by atoms with van der Waals surface area (Å²) in [5, 5.41) is 3.14. The first-order chi connectivity index (χ1) is 8.23. The Morgan fingerprint density at radius 1 is 1.41 bits per heavy atom. The third kappa shape index (κ3) is 2.07. The first-order valence-electron chi connectivity index (χ1n) is 6.06. The average Bonchev–Trinajstić information content (AvgIpc) is 2.33. The summed E-state index contributed by atoms with van der Waals surface area (Å²) in [6.45, 7) is 0.754. The van der Waals surface area contributed by atoms with Crippen molar-refractivity contribution in [3.63, 3.8) is 0 Å². The Labute approximate surface area is 102 Å². The zero-order chi connectivity index (χ0) is 12.3. The van der Waals surface area contributed by atoms with Crippen molar-refractivity contribution >= 4 is 5.78 Å². The Bertz CT molecular complexity index is 410. The van der Waals surface area contributed by atoms with Gasteiger partial charge >= 0.3 is 0 Å². The van der Waals surface area contributed by atoms with Crippen molar-refractivity contribution in [3.8, 4) is 5.75 Å². The van der Waals surface area contributed by atoms with Crippen molar-refractivity contribution in [2.75, 3.05) is 20.7 Å². The summed E-state index contributed by atoms with van der Waals surface area (Å²) in [5.41, 5.74) is 0.508. The first-order valence-corrected chi connectivity index (χ1v) is 6.06. The quantitative estimate of drug-likeness (QED) is 0.793. The molecule has 1 aliphatic carbocycles.